The normalized spacial score (nSPS) is 23.6. The number of nitrogens with one attached hydrogen (secondary N) is 1. The molecule has 0 bridgehead atoms. The fraction of sp³-hybridized carbons (Fsp3) is 0.455. The van der Waals surface area contributed by atoms with Gasteiger partial charge in [0.25, 0.3) is 5.69 Å². The zero-order valence-electron chi connectivity index (χ0n) is 9.35. The lowest BCUT2D eigenvalue weighted by atomic mass is 10.1. The maximum atomic E-state index is 10.7. The lowest BCUT2D eigenvalue weighted by molar-refractivity contribution is -0.384. The Morgan fingerprint density at radius 3 is 2.94 bits per heavy atom. The summed E-state index contributed by atoms with van der Waals surface area (Å²) in [6.07, 6.45) is 1.10. The highest BCUT2D eigenvalue weighted by molar-refractivity contribution is 9.10. The summed E-state index contributed by atoms with van der Waals surface area (Å²) in [5.74, 6) is 1.14. The van der Waals surface area contributed by atoms with Crippen LogP contribution in [0.1, 0.15) is 13.3 Å². The maximum Gasteiger partial charge on any atom is 0.271 e. The molecule has 92 valence electrons. The van der Waals surface area contributed by atoms with E-state index in [0.29, 0.717) is 11.3 Å². The van der Waals surface area contributed by atoms with Crippen LogP contribution in [0.5, 0.6) is 0 Å². The molecule has 4 nitrogen and oxygen atoms in total. The van der Waals surface area contributed by atoms with Gasteiger partial charge in [-0.2, -0.15) is 11.8 Å². The van der Waals surface area contributed by atoms with Crippen LogP contribution in [0.15, 0.2) is 22.7 Å². The van der Waals surface area contributed by atoms with E-state index in [9.17, 15) is 10.1 Å². The summed E-state index contributed by atoms with van der Waals surface area (Å²) in [5, 5.41) is 14.6. The first-order valence-electron chi connectivity index (χ1n) is 5.40. The Morgan fingerprint density at radius 2 is 2.35 bits per heavy atom. The number of halogens is 1. The number of benzene rings is 1. The summed E-state index contributed by atoms with van der Waals surface area (Å²) >= 11 is 5.34. The summed E-state index contributed by atoms with van der Waals surface area (Å²) in [5.41, 5.74) is 0.924. The largest absolute Gasteiger partial charge is 0.380 e. The molecule has 1 aliphatic rings. The van der Waals surface area contributed by atoms with Gasteiger partial charge in [0, 0.05) is 27.9 Å². The Balaban J connectivity index is 2.19. The highest BCUT2D eigenvalue weighted by Gasteiger charge is 2.24. The van der Waals surface area contributed by atoms with Crippen LogP contribution >= 0.6 is 27.7 Å². The highest BCUT2D eigenvalue weighted by atomic mass is 79.9. The van der Waals surface area contributed by atoms with E-state index in [4.69, 9.17) is 0 Å². The number of hydrogen-bond acceptors (Lipinski definition) is 4. The van der Waals surface area contributed by atoms with Gasteiger partial charge in [-0.1, -0.05) is 6.92 Å². The number of nitro benzene ring substituents is 1. The van der Waals surface area contributed by atoms with E-state index in [2.05, 4.69) is 28.2 Å². The van der Waals surface area contributed by atoms with Gasteiger partial charge in [0.1, 0.15) is 0 Å². The third-order valence-electron chi connectivity index (χ3n) is 2.88. The Kier molecular flexibility index (Phi) is 3.93. The van der Waals surface area contributed by atoms with Crippen LogP contribution < -0.4 is 5.32 Å². The second-order valence-electron chi connectivity index (χ2n) is 4.04. The van der Waals surface area contributed by atoms with Crippen molar-refractivity contribution in [3.05, 3.63) is 32.8 Å². The average molecular weight is 317 g/mol. The number of non-ortho nitro benzene ring substituents is 1. The minimum absolute atomic E-state index is 0.119. The number of nitrogens with zero attached hydrogens (tertiary/aromatic N) is 1. The lowest BCUT2D eigenvalue weighted by Gasteiger charge is -2.18. The molecule has 1 N–H and O–H groups in total. The van der Waals surface area contributed by atoms with Crippen LogP contribution in [-0.4, -0.2) is 22.0 Å². The van der Waals surface area contributed by atoms with E-state index >= 15 is 0 Å². The van der Waals surface area contributed by atoms with Gasteiger partial charge in [-0.25, -0.2) is 0 Å². The van der Waals surface area contributed by atoms with Crippen LogP contribution in [0.2, 0.25) is 0 Å². The molecule has 0 amide bonds. The lowest BCUT2D eigenvalue weighted by Crippen LogP contribution is -2.24. The molecule has 1 aromatic rings. The van der Waals surface area contributed by atoms with Gasteiger partial charge in [-0.05, 0) is 34.2 Å². The fourth-order valence-corrected chi connectivity index (χ4v) is 3.42. The quantitative estimate of drug-likeness (QED) is 0.683. The van der Waals surface area contributed by atoms with Crippen molar-refractivity contribution in [1.29, 1.82) is 0 Å². The Bertz CT molecular complexity index is 441. The van der Waals surface area contributed by atoms with Crippen LogP contribution in [-0.2, 0) is 0 Å². The molecule has 0 saturated carbocycles. The van der Waals surface area contributed by atoms with E-state index in [1.807, 2.05) is 11.8 Å². The van der Waals surface area contributed by atoms with Crippen molar-refractivity contribution in [1.82, 2.24) is 0 Å². The molecule has 17 heavy (non-hydrogen) atoms. The SMILES string of the molecule is CC1SCCC1Nc1cc([N+](=O)[O-])ccc1Br. The van der Waals surface area contributed by atoms with Crippen molar-refractivity contribution in [2.45, 2.75) is 24.6 Å². The maximum absolute atomic E-state index is 10.7. The molecule has 6 heteroatoms. The molecule has 1 heterocycles. The molecular formula is C11H13BrN2O2S. The minimum atomic E-state index is -0.371. The third kappa shape index (κ3) is 2.93. The molecule has 0 radical (unpaired) electrons. The number of hydrogen-bond donors (Lipinski definition) is 1. The van der Waals surface area contributed by atoms with E-state index in [0.717, 1.165) is 22.3 Å². The first-order chi connectivity index (χ1) is 8.08. The second-order valence-corrected chi connectivity index (χ2v) is 6.38. The van der Waals surface area contributed by atoms with Gasteiger partial charge in [-0.3, -0.25) is 10.1 Å². The molecule has 2 rings (SSSR count). The number of rotatable bonds is 3. The van der Waals surface area contributed by atoms with Crippen molar-refractivity contribution in [3.8, 4) is 0 Å². The van der Waals surface area contributed by atoms with Crippen molar-refractivity contribution < 1.29 is 4.92 Å². The summed E-state index contributed by atoms with van der Waals surface area (Å²) in [6, 6.07) is 5.19. The highest BCUT2D eigenvalue weighted by Crippen LogP contribution is 2.33. The zero-order chi connectivity index (χ0) is 12.4. The molecule has 1 saturated heterocycles. The summed E-state index contributed by atoms with van der Waals surface area (Å²) in [4.78, 5) is 10.4. The summed E-state index contributed by atoms with van der Waals surface area (Å²) in [7, 11) is 0. The van der Waals surface area contributed by atoms with Crippen LogP contribution in [0.4, 0.5) is 11.4 Å². The topological polar surface area (TPSA) is 55.2 Å². The molecule has 0 aromatic heterocycles. The second kappa shape index (κ2) is 5.27. The van der Waals surface area contributed by atoms with Gasteiger partial charge >= 0.3 is 0 Å². The van der Waals surface area contributed by atoms with Crippen LogP contribution in [0.3, 0.4) is 0 Å². The van der Waals surface area contributed by atoms with Gasteiger partial charge in [0.05, 0.1) is 10.6 Å². The van der Waals surface area contributed by atoms with Crippen LogP contribution in [0.25, 0.3) is 0 Å². The molecule has 0 spiro atoms. The van der Waals surface area contributed by atoms with E-state index in [-0.39, 0.29) is 10.6 Å². The van der Waals surface area contributed by atoms with Gasteiger partial charge < -0.3 is 5.32 Å². The number of anilines is 1. The van der Waals surface area contributed by atoms with E-state index in [1.165, 1.54) is 6.07 Å². The Labute approximate surface area is 112 Å². The monoisotopic (exact) mass is 316 g/mol. The van der Waals surface area contributed by atoms with Crippen molar-refractivity contribution in [3.63, 3.8) is 0 Å². The molecule has 2 unspecified atom stereocenters. The minimum Gasteiger partial charge on any atom is -0.380 e. The fourth-order valence-electron chi connectivity index (χ4n) is 1.86. The van der Waals surface area contributed by atoms with Gasteiger partial charge in [0.2, 0.25) is 0 Å². The molecule has 1 aromatic carbocycles. The number of thioether (sulfide) groups is 1. The van der Waals surface area contributed by atoms with Crippen molar-refractivity contribution >= 4 is 39.1 Å². The average Bonchev–Trinajstić information content (AvgIpc) is 2.67. The molecule has 2 atom stereocenters. The van der Waals surface area contributed by atoms with E-state index < -0.39 is 0 Å². The van der Waals surface area contributed by atoms with Crippen molar-refractivity contribution in [2.24, 2.45) is 0 Å². The molecular weight excluding hydrogens is 304 g/mol. The smallest absolute Gasteiger partial charge is 0.271 e. The summed E-state index contributed by atoms with van der Waals surface area (Å²) in [6.45, 7) is 2.18. The predicted molar refractivity (Wildman–Crippen MR) is 74.7 cm³/mol. The Morgan fingerprint density at radius 1 is 1.59 bits per heavy atom. The number of nitro groups is 1. The predicted octanol–water partition coefficient (Wildman–Crippen LogP) is 3.66. The first kappa shape index (κ1) is 12.7. The van der Waals surface area contributed by atoms with Gasteiger partial charge in [0.15, 0.2) is 0 Å². The first-order valence-corrected chi connectivity index (χ1v) is 7.24. The summed E-state index contributed by atoms with van der Waals surface area (Å²) < 4.78 is 0.868. The van der Waals surface area contributed by atoms with E-state index in [1.54, 1.807) is 12.1 Å². The third-order valence-corrected chi connectivity index (χ3v) is 4.90. The van der Waals surface area contributed by atoms with Crippen molar-refractivity contribution in [2.75, 3.05) is 11.1 Å². The Hall–Kier alpha value is -0.750. The van der Waals surface area contributed by atoms with Crippen LogP contribution in [0, 0.1) is 10.1 Å². The molecule has 1 fully saturated rings. The zero-order valence-corrected chi connectivity index (χ0v) is 11.8. The standard InChI is InChI=1S/C11H13BrN2O2S/c1-7-10(4-5-17-7)13-11-6-8(14(15)16)2-3-9(11)12/h2-3,6-7,10,13H,4-5H2,1H3. The molecule has 1 aliphatic heterocycles. The van der Waals surface area contributed by atoms with Gasteiger partial charge in [-0.15, -0.1) is 0 Å². The molecule has 0 aliphatic carbocycles.